The van der Waals surface area contributed by atoms with Gasteiger partial charge in [0, 0.05) is 31.6 Å². The van der Waals surface area contributed by atoms with Crippen molar-refractivity contribution in [2.24, 2.45) is 0 Å². The number of hydrogen-bond donors (Lipinski definition) is 1. The quantitative estimate of drug-likeness (QED) is 0.766. The second-order valence-electron chi connectivity index (χ2n) is 3.40. The van der Waals surface area contributed by atoms with Gasteiger partial charge in [-0.1, -0.05) is 0 Å². The van der Waals surface area contributed by atoms with Gasteiger partial charge in [-0.05, 0) is 20.0 Å². The third-order valence-electron chi connectivity index (χ3n) is 1.96. The number of methoxy groups -OCH3 is 1. The molecule has 1 aromatic rings. The Morgan fingerprint density at radius 3 is 3.00 bits per heavy atom. The van der Waals surface area contributed by atoms with Crippen LogP contribution in [-0.4, -0.2) is 31.9 Å². The molecule has 1 heterocycles. The predicted molar refractivity (Wildman–Crippen MR) is 59.0 cm³/mol. The van der Waals surface area contributed by atoms with E-state index in [2.05, 4.69) is 10.3 Å². The Balaban J connectivity index is 2.66. The Bertz CT molecular complexity index is 292. The van der Waals surface area contributed by atoms with Crippen molar-refractivity contribution in [3.05, 3.63) is 24.0 Å². The first-order valence-corrected chi connectivity index (χ1v) is 5.01. The first-order chi connectivity index (χ1) is 7.27. The summed E-state index contributed by atoms with van der Waals surface area (Å²) in [5.41, 5.74) is 1.06. The Kier molecular flexibility index (Phi) is 5.07. The van der Waals surface area contributed by atoms with Crippen LogP contribution in [0.15, 0.2) is 18.5 Å². The highest BCUT2D eigenvalue weighted by molar-refractivity contribution is 5.30. The maximum absolute atomic E-state index is 5.73. The van der Waals surface area contributed by atoms with Crippen LogP contribution in [0, 0.1) is 0 Å². The maximum Gasteiger partial charge on any atom is 0.127 e. The Morgan fingerprint density at radius 2 is 2.33 bits per heavy atom. The van der Waals surface area contributed by atoms with Crippen LogP contribution < -0.4 is 10.1 Å². The third kappa shape index (κ3) is 3.85. The summed E-state index contributed by atoms with van der Waals surface area (Å²) in [6, 6.07) is 1.87. The fraction of sp³-hybridized carbons (Fsp3) is 0.545. The molecule has 4 nitrogen and oxygen atoms in total. The van der Waals surface area contributed by atoms with Crippen LogP contribution in [0.25, 0.3) is 0 Å². The lowest BCUT2D eigenvalue weighted by atomic mass is 10.2. The standard InChI is InChI=1S/C11H18N2O2/c1-9(8-14-3)15-11-4-5-13-7-10(11)6-12-2/h4-5,7,9,12H,6,8H2,1-3H3. The molecular formula is C11H18N2O2. The van der Waals surface area contributed by atoms with Crippen molar-refractivity contribution in [2.75, 3.05) is 20.8 Å². The maximum atomic E-state index is 5.73. The molecule has 0 radical (unpaired) electrons. The number of nitrogens with one attached hydrogen (secondary N) is 1. The van der Waals surface area contributed by atoms with Gasteiger partial charge in [-0.3, -0.25) is 4.98 Å². The molecule has 0 amide bonds. The van der Waals surface area contributed by atoms with Crippen LogP contribution in [0.4, 0.5) is 0 Å². The summed E-state index contributed by atoms with van der Waals surface area (Å²) in [6.07, 6.45) is 3.59. The lowest BCUT2D eigenvalue weighted by Crippen LogP contribution is -2.19. The van der Waals surface area contributed by atoms with Gasteiger partial charge >= 0.3 is 0 Å². The Labute approximate surface area is 90.6 Å². The largest absolute Gasteiger partial charge is 0.488 e. The molecule has 0 spiro atoms. The van der Waals surface area contributed by atoms with E-state index in [0.29, 0.717) is 6.61 Å². The molecule has 1 N–H and O–H groups in total. The summed E-state index contributed by atoms with van der Waals surface area (Å²) in [4.78, 5) is 4.07. The van der Waals surface area contributed by atoms with Gasteiger partial charge in [0.1, 0.15) is 11.9 Å². The second kappa shape index (κ2) is 6.37. The molecule has 1 aromatic heterocycles. The third-order valence-corrected chi connectivity index (χ3v) is 1.96. The zero-order valence-corrected chi connectivity index (χ0v) is 9.49. The lowest BCUT2D eigenvalue weighted by molar-refractivity contribution is 0.0913. The molecule has 0 aliphatic carbocycles. The number of ether oxygens (including phenoxy) is 2. The molecule has 0 fully saturated rings. The van der Waals surface area contributed by atoms with E-state index in [1.165, 1.54) is 0 Å². The van der Waals surface area contributed by atoms with E-state index in [1.807, 2.05) is 26.2 Å². The number of rotatable bonds is 6. The number of aromatic nitrogens is 1. The van der Waals surface area contributed by atoms with E-state index in [9.17, 15) is 0 Å². The highest BCUT2D eigenvalue weighted by Gasteiger charge is 2.07. The smallest absolute Gasteiger partial charge is 0.127 e. The van der Waals surface area contributed by atoms with Gasteiger partial charge in [0.25, 0.3) is 0 Å². The van der Waals surface area contributed by atoms with Crippen LogP contribution in [0.3, 0.4) is 0 Å². The summed E-state index contributed by atoms with van der Waals surface area (Å²) >= 11 is 0. The molecule has 1 unspecified atom stereocenters. The van der Waals surface area contributed by atoms with Crippen molar-refractivity contribution in [1.82, 2.24) is 10.3 Å². The van der Waals surface area contributed by atoms with Crippen LogP contribution >= 0.6 is 0 Å². The normalized spacial score (nSPS) is 12.5. The summed E-state index contributed by atoms with van der Waals surface area (Å²) < 4.78 is 10.8. The molecule has 0 aliphatic rings. The number of nitrogens with zero attached hydrogens (tertiary/aromatic N) is 1. The van der Waals surface area contributed by atoms with Gasteiger partial charge in [0.2, 0.25) is 0 Å². The lowest BCUT2D eigenvalue weighted by Gasteiger charge is -2.16. The molecule has 0 aromatic carbocycles. The van der Waals surface area contributed by atoms with E-state index in [1.54, 1.807) is 13.3 Å². The summed E-state index contributed by atoms with van der Waals surface area (Å²) in [7, 11) is 3.57. The van der Waals surface area contributed by atoms with Crippen molar-refractivity contribution >= 4 is 0 Å². The van der Waals surface area contributed by atoms with Crippen LogP contribution in [-0.2, 0) is 11.3 Å². The minimum Gasteiger partial charge on any atom is -0.488 e. The molecule has 0 saturated heterocycles. The first-order valence-electron chi connectivity index (χ1n) is 5.01. The zero-order valence-electron chi connectivity index (χ0n) is 9.49. The van der Waals surface area contributed by atoms with Crippen LogP contribution in [0.2, 0.25) is 0 Å². The molecule has 1 atom stereocenters. The van der Waals surface area contributed by atoms with Crippen molar-refractivity contribution < 1.29 is 9.47 Å². The van der Waals surface area contributed by atoms with Gasteiger partial charge < -0.3 is 14.8 Å². The molecule has 0 aliphatic heterocycles. The average molecular weight is 210 g/mol. The van der Waals surface area contributed by atoms with Crippen molar-refractivity contribution in [1.29, 1.82) is 0 Å². The summed E-state index contributed by atoms with van der Waals surface area (Å²) in [5, 5.41) is 3.08. The Morgan fingerprint density at radius 1 is 1.53 bits per heavy atom. The molecule has 1 rings (SSSR count). The van der Waals surface area contributed by atoms with E-state index >= 15 is 0 Å². The van der Waals surface area contributed by atoms with Crippen molar-refractivity contribution in [3.63, 3.8) is 0 Å². The molecule has 15 heavy (non-hydrogen) atoms. The second-order valence-corrected chi connectivity index (χ2v) is 3.40. The average Bonchev–Trinajstić information content (AvgIpc) is 2.21. The van der Waals surface area contributed by atoms with E-state index < -0.39 is 0 Å². The SMILES string of the molecule is CNCc1cnccc1OC(C)COC. The number of pyridine rings is 1. The van der Waals surface area contributed by atoms with Crippen molar-refractivity contribution in [3.8, 4) is 5.75 Å². The molecule has 84 valence electrons. The van der Waals surface area contributed by atoms with Gasteiger partial charge in [-0.2, -0.15) is 0 Å². The van der Waals surface area contributed by atoms with Gasteiger partial charge in [0.15, 0.2) is 0 Å². The van der Waals surface area contributed by atoms with Gasteiger partial charge in [0.05, 0.1) is 6.61 Å². The predicted octanol–water partition coefficient (Wildman–Crippen LogP) is 1.21. The zero-order chi connectivity index (χ0) is 11.1. The minimum absolute atomic E-state index is 0.0491. The fourth-order valence-electron chi connectivity index (χ4n) is 1.34. The fourth-order valence-corrected chi connectivity index (χ4v) is 1.34. The van der Waals surface area contributed by atoms with Gasteiger partial charge in [-0.25, -0.2) is 0 Å². The Hall–Kier alpha value is -1.13. The monoisotopic (exact) mass is 210 g/mol. The molecule has 0 saturated carbocycles. The van der Waals surface area contributed by atoms with E-state index in [0.717, 1.165) is 17.9 Å². The van der Waals surface area contributed by atoms with Crippen LogP contribution in [0.1, 0.15) is 12.5 Å². The molecular weight excluding hydrogens is 192 g/mol. The molecule has 4 heteroatoms. The highest BCUT2D eigenvalue weighted by Crippen LogP contribution is 2.17. The van der Waals surface area contributed by atoms with Crippen LogP contribution in [0.5, 0.6) is 5.75 Å². The molecule has 0 bridgehead atoms. The van der Waals surface area contributed by atoms with Crippen molar-refractivity contribution in [2.45, 2.75) is 19.6 Å². The number of hydrogen-bond acceptors (Lipinski definition) is 4. The van der Waals surface area contributed by atoms with Gasteiger partial charge in [-0.15, -0.1) is 0 Å². The topological polar surface area (TPSA) is 43.4 Å². The minimum atomic E-state index is 0.0491. The summed E-state index contributed by atoms with van der Waals surface area (Å²) in [5.74, 6) is 0.865. The van der Waals surface area contributed by atoms with E-state index in [4.69, 9.17) is 9.47 Å². The summed E-state index contributed by atoms with van der Waals surface area (Å²) in [6.45, 7) is 3.32. The van der Waals surface area contributed by atoms with E-state index in [-0.39, 0.29) is 6.10 Å². The highest BCUT2D eigenvalue weighted by atomic mass is 16.5. The first kappa shape index (κ1) is 11.9.